The molecule has 0 amide bonds. The van der Waals surface area contributed by atoms with E-state index in [9.17, 15) is 4.79 Å². The van der Waals surface area contributed by atoms with Crippen LogP contribution in [0.25, 0.3) is 0 Å². The number of anilines is 2. The maximum atomic E-state index is 10.8. The summed E-state index contributed by atoms with van der Waals surface area (Å²) in [6, 6.07) is 10.7. The van der Waals surface area contributed by atoms with Gasteiger partial charge >= 0.3 is 5.97 Å². The van der Waals surface area contributed by atoms with E-state index in [1.54, 1.807) is 0 Å². The molecule has 86 valence electrons. The van der Waals surface area contributed by atoms with E-state index in [1.165, 1.54) is 18.3 Å². The summed E-state index contributed by atoms with van der Waals surface area (Å²) in [6.07, 6.45) is 1.47. The summed E-state index contributed by atoms with van der Waals surface area (Å²) in [5.41, 5.74) is 1.09. The molecule has 2 aromatic rings. The monoisotopic (exact) mass is 340 g/mol. The van der Waals surface area contributed by atoms with Gasteiger partial charge in [-0.2, -0.15) is 0 Å². The summed E-state index contributed by atoms with van der Waals surface area (Å²) in [5.74, 6) is -0.441. The molecule has 1 heterocycles. The van der Waals surface area contributed by atoms with Gasteiger partial charge in [0.05, 0.1) is 5.56 Å². The van der Waals surface area contributed by atoms with Gasteiger partial charge in [0, 0.05) is 15.5 Å². The van der Waals surface area contributed by atoms with Gasteiger partial charge in [-0.15, -0.1) is 0 Å². The van der Waals surface area contributed by atoms with Crippen molar-refractivity contribution in [3.63, 3.8) is 0 Å². The van der Waals surface area contributed by atoms with Crippen LogP contribution in [-0.4, -0.2) is 16.1 Å². The topological polar surface area (TPSA) is 62.2 Å². The van der Waals surface area contributed by atoms with Crippen molar-refractivity contribution in [1.82, 2.24) is 4.98 Å². The summed E-state index contributed by atoms with van der Waals surface area (Å²) in [6.45, 7) is 0. The SMILES string of the molecule is O=C(O)c1ccnc(Nc2ccc(I)cc2)c1. The van der Waals surface area contributed by atoms with E-state index in [0.29, 0.717) is 5.82 Å². The molecule has 2 rings (SSSR count). The number of halogens is 1. The molecule has 0 spiro atoms. The van der Waals surface area contributed by atoms with Crippen molar-refractivity contribution in [2.75, 3.05) is 5.32 Å². The van der Waals surface area contributed by atoms with Gasteiger partial charge in [-0.3, -0.25) is 0 Å². The molecule has 0 aliphatic heterocycles. The molecule has 17 heavy (non-hydrogen) atoms. The highest BCUT2D eigenvalue weighted by molar-refractivity contribution is 14.1. The normalized spacial score (nSPS) is 9.94. The lowest BCUT2D eigenvalue weighted by atomic mass is 10.2. The van der Waals surface area contributed by atoms with E-state index in [-0.39, 0.29) is 5.56 Å². The average Bonchev–Trinajstić information content (AvgIpc) is 2.32. The Morgan fingerprint density at radius 2 is 1.94 bits per heavy atom. The summed E-state index contributed by atoms with van der Waals surface area (Å²) in [5, 5.41) is 11.9. The predicted octanol–water partition coefficient (Wildman–Crippen LogP) is 3.13. The number of carbonyl (C=O) groups is 1. The Labute approximate surface area is 112 Å². The summed E-state index contributed by atoms with van der Waals surface area (Å²) in [7, 11) is 0. The molecule has 0 atom stereocenters. The molecule has 1 aromatic heterocycles. The number of carboxylic acid groups (broad SMARTS) is 1. The minimum atomic E-state index is -0.960. The van der Waals surface area contributed by atoms with Crippen molar-refractivity contribution in [3.05, 3.63) is 51.7 Å². The Bertz CT molecular complexity index is 540. The number of pyridine rings is 1. The smallest absolute Gasteiger partial charge is 0.335 e. The molecule has 0 saturated heterocycles. The highest BCUT2D eigenvalue weighted by Gasteiger charge is 2.04. The third-order valence-corrected chi connectivity index (χ3v) is 2.84. The molecule has 2 N–H and O–H groups in total. The largest absolute Gasteiger partial charge is 0.478 e. The van der Waals surface area contributed by atoms with E-state index in [4.69, 9.17) is 5.11 Å². The number of aromatic nitrogens is 1. The molecule has 5 heteroatoms. The summed E-state index contributed by atoms with van der Waals surface area (Å²) < 4.78 is 1.14. The zero-order valence-electron chi connectivity index (χ0n) is 8.72. The number of benzene rings is 1. The molecule has 1 aromatic carbocycles. The van der Waals surface area contributed by atoms with Gasteiger partial charge in [-0.25, -0.2) is 9.78 Å². The fraction of sp³-hybridized carbons (Fsp3) is 0. The first-order valence-corrected chi connectivity index (χ1v) is 5.95. The van der Waals surface area contributed by atoms with Crippen LogP contribution in [0.5, 0.6) is 0 Å². The lowest BCUT2D eigenvalue weighted by molar-refractivity contribution is 0.0697. The summed E-state index contributed by atoms with van der Waals surface area (Å²) >= 11 is 2.22. The van der Waals surface area contributed by atoms with Crippen molar-refractivity contribution in [1.29, 1.82) is 0 Å². The third-order valence-electron chi connectivity index (χ3n) is 2.12. The van der Waals surface area contributed by atoms with Crippen LogP contribution in [0.15, 0.2) is 42.6 Å². The van der Waals surface area contributed by atoms with Crippen molar-refractivity contribution in [3.8, 4) is 0 Å². The number of hydrogen-bond donors (Lipinski definition) is 2. The van der Waals surface area contributed by atoms with Gasteiger partial charge in [0.15, 0.2) is 0 Å². The first kappa shape index (κ1) is 11.8. The Hall–Kier alpha value is -1.63. The summed E-state index contributed by atoms with van der Waals surface area (Å²) in [4.78, 5) is 14.9. The molecule has 4 nitrogen and oxygen atoms in total. The zero-order chi connectivity index (χ0) is 12.3. The van der Waals surface area contributed by atoms with Crippen LogP contribution in [0.2, 0.25) is 0 Å². The highest BCUT2D eigenvalue weighted by atomic mass is 127. The van der Waals surface area contributed by atoms with Crippen LogP contribution in [0, 0.1) is 3.57 Å². The van der Waals surface area contributed by atoms with Crippen LogP contribution >= 0.6 is 22.6 Å². The van der Waals surface area contributed by atoms with E-state index in [0.717, 1.165) is 9.26 Å². The maximum absolute atomic E-state index is 10.8. The minimum Gasteiger partial charge on any atom is -0.478 e. The van der Waals surface area contributed by atoms with Crippen molar-refractivity contribution >= 4 is 40.1 Å². The second kappa shape index (κ2) is 5.13. The van der Waals surface area contributed by atoms with Crippen LogP contribution in [0.1, 0.15) is 10.4 Å². The van der Waals surface area contributed by atoms with Gasteiger partial charge < -0.3 is 10.4 Å². The third kappa shape index (κ3) is 3.16. The van der Waals surface area contributed by atoms with Crippen LogP contribution in [0.3, 0.4) is 0 Å². The number of hydrogen-bond acceptors (Lipinski definition) is 3. The molecule has 0 radical (unpaired) electrons. The molecule has 0 saturated carbocycles. The fourth-order valence-electron chi connectivity index (χ4n) is 1.31. The molecule has 0 aliphatic carbocycles. The first-order chi connectivity index (χ1) is 8.15. The number of nitrogens with zero attached hydrogens (tertiary/aromatic N) is 1. The molecule has 0 bridgehead atoms. The van der Waals surface area contributed by atoms with E-state index >= 15 is 0 Å². The van der Waals surface area contributed by atoms with E-state index in [1.807, 2.05) is 24.3 Å². The Morgan fingerprint density at radius 1 is 1.24 bits per heavy atom. The van der Waals surface area contributed by atoms with E-state index < -0.39 is 5.97 Å². The quantitative estimate of drug-likeness (QED) is 0.843. The number of rotatable bonds is 3. The Morgan fingerprint density at radius 3 is 2.59 bits per heavy atom. The minimum absolute atomic E-state index is 0.216. The fourth-order valence-corrected chi connectivity index (χ4v) is 1.67. The average molecular weight is 340 g/mol. The van der Waals surface area contributed by atoms with E-state index in [2.05, 4.69) is 32.9 Å². The Balaban J connectivity index is 2.21. The van der Waals surface area contributed by atoms with Crippen molar-refractivity contribution in [2.24, 2.45) is 0 Å². The van der Waals surface area contributed by atoms with Crippen LogP contribution in [0.4, 0.5) is 11.5 Å². The van der Waals surface area contributed by atoms with Gasteiger partial charge in [-0.05, 0) is 59.0 Å². The molecular weight excluding hydrogens is 331 g/mol. The predicted molar refractivity (Wildman–Crippen MR) is 73.6 cm³/mol. The molecule has 0 fully saturated rings. The first-order valence-electron chi connectivity index (χ1n) is 4.87. The number of aromatic carboxylic acids is 1. The van der Waals surface area contributed by atoms with Crippen molar-refractivity contribution in [2.45, 2.75) is 0 Å². The number of nitrogens with one attached hydrogen (secondary N) is 1. The molecule has 0 unspecified atom stereocenters. The second-order valence-electron chi connectivity index (χ2n) is 3.37. The standard InChI is InChI=1S/C12H9IN2O2/c13-9-1-3-10(4-2-9)15-11-7-8(12(16)17)5-6-14-11/h1-7H,(H,14,15)(H,16,17). The van der Waals surface area contributed by atoms with Gasteiger partial charge in [0.25, 0.3) is 0 Å². The van der Waals surface area contributed by atoms with Crippen LogP contribution < -0.4 is 5.32 Å². The Kier molecular flexibility index (Phi) is 3.58. The maximum Gasteiger partial charge on any atom is 0.335 e. The molecule has 0 aliphatic rings. The highest BCUT2D eigenvalue weighted by Crippen LogP contribution is 2.16. The van der Waals surface area contributed by atoms with Gasteiger partial charge in [-0.1, -0.05) is 0 Å². The van der Waals surface area contributed by atoms with Crippen molar-refractivity contribution < 1.29 is 9.90 Å². The second-order valence-corrected chi connectivity index (χ2v) is 4.61. The van der Waals surface area contributed by atoms with Gasteiger partial charge in [0.1, 0.15) is 5.82 Å². The number of carboxylic acids is 1. The zero-order valence-corrected chi connectivity index (χ0v) is 10.9. The molecular formula is C12H9IN2O2. The lowest BCUT2D eigenvalue weighted by Crippen LogP contribution is -1.99. The lowest BCUT2D eigenvalue weighted by Gasteiger charge is -2.05. The van der Waals surface area contributed by atoms with Crippen LogP contribution in [-0.2, 0) is 0 Å². The van der Waals surface area contributed by atoms with Gasteiger partial charge in [0.2, 0.25) is 0 Å².